The summed E-state index contributed by atoms with van der Waals surface area (Å²) >= 11 is 0. The summed E-state index contributed by atoms with van der Waals surface area (Å²) in [4.78, 5) is 31.7. The molecule has 0 saturated carbocycles. The molecule has 0 unspecified atom stereocenters. The van der Waals surface area contributed by atoms with Gasteiger partial charge in [0.1, 0.15) is 5.56 Å². The van der Waals surface area contributed by atoms with E-state index in [0.29, 0.717) is 5.69 Å². The fraction of sp³-hybridized carbons (Fsp3) is 0.150. The van der Waals surface area contributed by atoms with E-state index in [-0.39, 0.29) is 11.6 Å². The molecule has 5 nitrogen and oxygen atoms in total. The number of amides is 1. The van der Waals surface area contributed by atoms with Gasteiger partial charge >= 0.3 is 0 Å². The molecule has 3 rings (SSSR count). The normalized spacial score (nSPS) is 11.8. The summed E-state index contributed by atoms with van der Waals surface area (Å²) in [5.41, 5.74) is 3.10. The number of aromatic amines is 1. The molecular weight excluding hydrogens is 314 g/mol. The predicted octanol–water partition coefficient (Wildman–Crippen LogP) is 3.24. The van der Waals surface area contributed by atoms with Gasteiger partial charge in [0.15, 0.2) is 0 Å². The molecule has 1 amide bonds. The molecule has 25 heavy (non-hydrogen) atoms. The zero-order chi connectivity index (χ0) is 17.8. The molecule has 0 aliphatic heterocycles. The van der Waals surface area contributed by atoms with Gasteiger partial charge in [0, 0.05) is 11.9 Å². The Morgan fingerprint density at radius 1 is 1.12 bits per heavy atom. The van der Waals surface area contributed by atoms with E-state index in [0.717, 1.165) is 16.8 Å². The van der Waals surface area contributed by atoms with Crippen LogP contribution >= 0.6 is 0 Å². The van der Waals surface area contributed by atoms with E-state index in [1.165, 1.54) is 0 Å². The number of carbonyl (C=O) groups excluding carboxylic acids is 1. The average molecular weight is 333 g/mol. The Kier molecular flexibility index (Phi) is 4.75. The lowest BCUT2D eigenvalue weighted by Gasteiger charge is -2.13. The van der Waals surface area contributed by atoms with Gasteiger partial charge in [0.2, 0.25) is 0 Å². The largest absolute Gasteiger partial charge is 0.344 e. The van der Waals surface area contributed by atoms with E-state index in [1.54, 1.807) is 18.3 Å². The monoisotopic (exact) mass is 333 g/mol. The zero-order valence-corrected chi connectivity index (χ0v) is 14.1. The van der Waals surface area contributed by atoms with Crippen molar-refractivity contribution >= 4 is 5.91 Å². The van der Waals surface area contributed by atoms with Gasteiger partial charge in [-0.15, -0.1) is 0 Å². The first-order valence-corrected chi connectivity index (χ1v) is 8.07. The SMILES string of the molecule is Cc1cccc(-c2ccc(C(=O)N[C@H](C)c3ccccn3)c(=O)[nH]2)c1. The highest BCUT2D eigenvalue weighted by molar-refractivity contribution is 5.94. The number of nitrogens with zero attached hydrogens (tertiary/aromatic N) is 1. The summed E-state index contributed by atoms with van der Waals surface area (Å²) in [6.45, 7) is 3.82. The number of hydrogen-bond donors (Lipinski definition) is 2. The Balaban J connectivity index is 1.81. The van der Waals surface area contributed by atoms with Crippen molar-refractivity contribution < 1.29 is 4.79 Å². The smallest absolute Gasteiger partial charge is 0.261 e. The third-order valence-electron chi connectivity index (χ3n) is 3.96. The number of pyridine rings is 2. The molecule has 0 aliphatic carbocycles. The van der Waals surface area contributed by atoms with Crippen LogP contribution in [0.15, 0.2) is 65.6 Å². The van der Waals surface area contributed by atoms with E-state index in [1.807, 2.05) is 56.3 Å². The van der Waals surface area contributed by atoms with Crippen LogP contribution in [-0.2, 0) is 0 Å². The number of aryl methyl sites for hydroxylation is 1. The summed E-state index contributed by atoms with van der Waals surface area (Å²) in [6.07, 6.45) is 1.67. The number of benzene rings is 1. The molecule has 5 heteroatoms. The fourth-order valence-electron chi connectivity index (χ4n) is 2.61. The van der Waals surface area contributed by atoms with E-state index in [9.17, 15) is 9.59 Å². The van der Waals surface area contributed by atoms with E-state index in [2.05, 4.69) is 15.3 Å². The van der Waals surface area contributed by atoms with Gasteiger partial charge in [-0.2, -0.15) is 0 Å². The van der Waals surface area contributed by atoms with Crippen molar-refractivity contribution in [3.05, 3.63) is 88.0 Å². The number of nitrogens with one attached hydrogen (secondary N) is 2. The quantitative estimate of drug-likeness (QED) is 0.770. The van der Waals surface area contributed by atoms with E-state index in [4.69, 9.17) is 0 Å². The Labute approximate surface area is 145 Å². The van der Waals surface area contributed by atoms with Crippen molar-refractivity contribution in [3.8, 4) is 11.3 Å². The van der Waals surface area contributed by atoms with Gasteiger partial charge < -0.3 is 10.3 Å². The lowest BCUT2D eigenvalue weighted by molar-refractivity contribution is 0.0937. The standard InChI is InChI=1S/C20H19N3O2/c1-13-6-5-7-15(12-13)18-10-9-16(20(25)23-18)19(24)22-14(2)17-8-3-4-11-21-17/h3-12,14H,1-2H3,(H,22,24)(H,23,25)/t14-/m1/s1. The molecule has 0 fully saturated rings. The van der Waals surface area contributed by atoms with Crippen LogP contribution in [0.4, 0.5) is 0 Å². The number of carbonyl (C=O) groups is 1. The van der Waals surface area contributed by atoms with Crippen LogP contribution in [0, 0.1) is 6.92 Å². The summed E-state index contributed by atoms with van der Waals surface area (Å²) in [5, 5.41) is 2.80. The lowest BCUT2D eigenvalue weighted by Crippen LogP contribution is -2.31. The van der Waals surface area contributed by atoms with Gasteiger partial charge in [-0.05, 0) is 49.7 Å². The Morgan fingerprint density at radius 3 is 2.64 bits per heavy atom. The summed E-state index contributed by atoms with van der Waals surface area (Å²) < 4.78 is 0. The first-order chi connectivity index (χ1) is 12.0. The molecule has 0 spiro atoms. The molecule has 1 aromatic carbocycles. The predicted molar refractivity (Wildman–Crippen MR) is 97.4 cm³/mol. The second-order valence-electron chi connectivity index (χ2n) is 5.93. The maximum atomic E-state index is 12.4. The molecule has 0 aliphatic rings. The second kappa shape index (κ2) is 7.13. The highest BCUT2D eigenvalue weighted by atomic mass is 16.2. The van der Waals surface area contributed by atoms with Gasteiger partial charge in [0.25, 0.3) is 11.5 Å². The lowest BCUT2D eigenvalue weighted by atomic mass is 10.1. The van der Waals surface area contributed by atoms with Crippen molar-refractivity contribution in [1.82, 2.24) is 15.3 Å². The van der Waals surface area contributed by atoms with Crippen LogP contribution in [0.5, 0.6) is 0 Å². The molecule has 2 N–H and O–H groups in total. The zero-order valence-electron chi connectivity index (χ0n) is 14.1. The molecule has 0 saturated heterocycles. The third-order valence-corrected chi connectivity index (χ3v) is 3.96. The third kappa shape index (κ3) is 3.83. The van der Waals surface area contributed by atoms with Gasteiger partial charge in [-0.25, -0.2) is 0 Å². The van der Waals surface area contributed by atoms with Crippen LogP contribution in [0.3, 0.4) is 0 Å². The highest BCUT2D eigenvalue weighted by Gasteiger charge is 2.15. The van der Waals surface area contributed by atoms with Crippen LogP contribution in [0.2, 0.25) is 0 Å². The Morgan fingerprint density at radius 2 is 1.96 bits per heavy atom. The molecule has 3 aromatic rings. The van der Waals surface area contributed by atoms with Crippen molar-refractivity contribution in [2.75, 3.05) is 0 Å². The summed E-state index contributed by atoms with van der Waals surface area (Å²) in [7, 11) is 0. The van der Waals surface area contributed by atoms with Gasteiger partial charge in [-0.3, -0.25) is 14.6 Å². The average Bonchev–Trinajstić information content (AvgIpc) is 2.62. The van der Waals surface area contributed by atoms with Crippen molar-refractivity contribution in [2.45, 2.75) is 19.9 Å². The molecule has 1 atom stereocenters. The highest BCUT2D eigenvalue weighted by Crippen LogP contribution is 2.17. The second-order valence-corrected chi connectivity index (χ2v) is 5.93. The van der Waals surface area contributed by atoms with Crippen LogP contribution < -0.4 is 10.9 Å². The Bertz CT molecular complexity index is 948. The molecule has 0 bridgehead atoms. The first-order valence-electron chi connectivity index (χ1n) is 8.07. The molecule has 2 aromatic heterocycles. The summed E-state index contributed by atoms with van der Waals surface area (Å²) in [6, 6.07) is 16.3. The number of H-pyrrole nitrogens is 1. The fourth-order valence-corrected chi connectivity index (χ4v) is 2.61. The maximum absolute atomic E-state index is 12.4. The van der Waals surface area contributed by atoms with Gasteiger partial charge in [0.05, 0.1) is 11.7 Å². The number of rotatable bonds is 4. The van der Waals surface area contributed by atoms with Crippen molar-refractivity contribution in [3.63, 3.8) is 0 Å². The number of aromatic nitrogens is 2. The minimum atomic E-state index is -0.421. The molecular formula is C20H19N3O2. The van der Waals surface area contributed by atoms with Crippen LogP contribution in [0.25, 0.3) is 11.3 Å². The minimum absolute atomic E-state index is 0.0826. The maximum Gasteiger partial charge on any atom is 0.261 e. The minimum Gasteiger partial charge on any atom is -0.344 e. The van der Waals surface area contributed by atoms with Crippen LogP contribution in [-0.4, -0.2) is 15.9 Å². The Hall–Kier alpha value is -3.21. The van der Waals surface area contributed by atoms with E-state index >= 15 is 0 Å². The van der Waals surface area contributed by atoms with Gasteiger partial charge in [-0.1, -0.05) is 29.8 Å². The molecule has 126 valence electrons. The molecule has 0 radical (unpaired) electrons. The molecule has 2 heterocycles. The van der Waals surface area contributed by atoms with Crippen LogP contribution in [0.1, 0.15) is 34.6 Å². The van der Waals surface area contributed by atoms with Crippen molar-refractivity contribution in [2.24, 2.45) is 0 Å². The summed E-state index contributed by atoms with van der Waals surface area (Å²) in [5.74, 6) is -0.421. The van der Waals surface area contributed by atoms with E-state index < -0.39 is 11.5 Å². The van der Waals surface area contributed by atoms with Crippen molar-refractivity contribution in [1.29, 1.82) is 0 Å². The first kappa shape index (κ1) is 16.6. The topological polar surface area (TPSA) is 74.8 Å². The number of hydrogen-bond acceptors (Lipinski definition) is 3.